The second-order valence-corrected chi connectivity index (χ2v) is 7.03. The van der Waals surface area contributed by atoms with Gasteiger partial charge < -0.3 is 9.64 Å². The summed E-state index contributed by atoms with van der Waals surface area (Å²) in [7, 11) is 1.72. The van der Waals surface area contributed by atoms with Gasteiger partial charge in [-0.2, -0.15) is 0 Å². The smallest absolute Gasteiger partial charge is 0.137 e. The molecule has 0 saturated carbocycles. The SMILES string of the molecule is COc1cccc(CN2CCc3nc(C)nc(N4CCCC4)c3C2)c1. The van der Waals surface area contributed by atoms with E-state index in [-0.39, 0.29) is 0 Å². The van der Waals surface area contributed by atoms with Gasteiger partial charge in [-0.15, -0.1) is 0 Å². The minimum Gasteiger partial charge on any atom is -0.497 e. The molecule has 132 valence electrons. The second kappa shape index (κ2) is 7.00. The van der Waals surface area contributed by atoms with E-state index < -0.39 is 0 Å². The van der Waals surface area contributed by atoms with E-state index in [0.717, 1.165) is 50.7 Å². The summed E-state index contributed by atoms with van der Waals surface area (Å²) in [6.07, 6.45) is 3.54. The monoisotopic (exact) mass is 338 g/mol. The summed E-state index contributed by atoms with van der Waals surface area (Å²) in [4.78, 5) is 14.5. The van der Waals surface area contributed by atoms with Crippen LogP contribution in [0.1, 0.15) is 35.5 Å². The summed E-state index contributed by atoms with van der Waals surface area (Å²) in [6, 6.07) is 8.36. The lowest BCUT2D eigenvalue weighted by Gasteiger charge is -2.31. The number of ether oxygens (including phenoxy) is 1. The highest BCUT2D eigenvalue weighted by Crippen LogP contribution is 2.29. The average molecular weight is 338 g/mol. The van der Waals surface area contributed by atoms with Gasteiger partial charge >= 0.3 is 0 Å². The number of methoxy groups -OCH3 is 1. The van der Waals surface area contributed by atoms with E-state index in [2.05, 4.69) is 28.0 Å². The number of nitrogens with zero attached hydrogens (tertiary/aromatic N) is 4. The Morgan fingerprint density at radius 3 is 2.76 bits per heavy atom. The molecular weight excluding hydrogens is 312 g/mol. The summed E-state index contributed by atoms with van der Waals surface area (Å²) < 4.78 is 5.35. The molecule has 1 aromatic carbocycles. The first-order valence-corrected chi connectivity index (χ1v) is 9.19. The van der Waals surface area contributed by atoms with Gasteiger partial charge in [-0.3, -0.25) is 4.90 Å². The van der Waals surface area contributed by atoms with Gasteiger partial charge in [-0.05, 0) is 37.5 Å². The lowest BCUT2D eigenvalue weighted by molar-refractivity contribution is 0.242. The van der Waals surface area contributed by atoms with Crippen LogP contribution in [0, 0.1) is 6.92 Å². The third kappa shape index (κ3) is 3.47. The average Bonchev–Trinajstić information content (AvgIpc) is 3.16. The molecule has 1 aromatic heterocycles. The zero-order valence-electron chi connectivity index (χ0n) is 15.2. The molecule has 0 aliphatic carbocycles. The zero-order valence-corrected chi connectivity index (χ0v) is 15.2. The Morgan fingerprint density at radius 2 is 1.96 bits per heavy atom. The fourth-order valence-corrected chi connectivity index (χ4v) is 3.93. The van der Waals surface area contributed by atoms with Crippen LogP contribution in [-0.2, 0) is 19.5 Å². The van der Waals surface area contributed by atoms with Crippen molar-refractivity contribution < 1.29 is 4.74 Å². The van der Waals surface area contributed by atoms with Gasteiger partial charge in [0.1, 0.15) is 17.4 Å². The number of hydrogen-bond acceptors (Lipinski definition) is 5. The van der Waals surface area contributed by atoms with Crippen LogP contribution in [-0.4, -0.2) is 41.6 Å². The Morgan fingerprint density at radius 1 is 1.12 bits per heavy atom. The van der Waals surface area contributed by atoms with Crippen molar-refractivity contribution in [1.29, 1.82) is 0 Å². The number of anilines is 1. The number of hydrogen-bond donors (Lipinski definition) is 0. The molecule has 25 heavy (non-hydrogen) atoms. The topological polar surface area (TPSA) is 41.5 Å². The van der Waals surface area contributed by atoms with Gasteiger partial charge in [0.05, 0.1) is 12.8 Å². The number of rotatable bonds is 4. The Balaban J connectivity index is 1.57. The quantitative estimate of drug-likeness (QED) is 0.857. The molecule has 1 saturated heterocycles. The fourth-order valence-electron chi connectivity index (χ4n) is 3.93. The molecule has 0 spiro atoms. The molecule has 5 nitrogen and oxygen atoms in total. The predicted octanol–water partition coefficient (Wildman–Crippen LogP) is 2.95. The minimum absolute atomic E-state index is 0.905. The van der Waals surface area contributed by atoms with E-state index >= 15 is 0 Å². The van der Waals surface area contributed by atoms with Gasteiger partial charge in [0, 0.05) is 44.7 Å². The van der Waals surface area contributed by atoms with Crippen molar-refractivity contribution in [3.05, 3.63) is 46.9 Å². The summed E-state index contributed by atoms with van der Waals surface area (Å²) in [6.45, 7) is 7.17. The first kappa shape index (κ1) is 16.3. The lowest BCUT2D eigenvalue weighted by Crippen LogP contribution is -2.33. The number of fused-ring (bicyclic) bond motifs is 1. The van der Waals surface area contributed by atoms with Crippen molar-refractivity contribution in [1.82, 2.24) is 14.9 Å². The maximum atomic E-state index is 5.35. The van der Waals surface area contributed by atoms with Gasteiger partial charge in [-0.25, -0.2) is 9.97 Å². The van der Waals surface area contributed by atoms with Crippen molar-refractivity contribution in [2.24, 2.45) is 0 Å². The molecule has 0 bridgehead atoms. The molecule has 0 N–H and O–H groups in total. The molecule has 4 rings (SSSR count). The molecule has 0 radical (unpaired) electrons. The highest BCUT2D eigenvalue weighted by molar-refractivity contribution is 5.51. The van der Waals surface area contributed by atoms with Crippen molar-refractivity contribution in [3.8, 4) is 5.75 Å². The van der Waals surface area contributed by atoms with Crippen LogP contribution >= 0.6 is 0 Å². The molecule has 0 amide bonds. The highest BCUT2D eigenvalue weighted by atomic mass is 16.5. The van der Waals surface area contributed by atoms with Crippen LogP contribution in [0.15, 0.2) is 24.3 Å². The van der Waals surface area contributed by atoms with Crippen molar-refractivity contribution >= 4 is 5.82 Å². The van der Waals surface area contributed by atoms with Crippen LogP contribution in [0.2, 0.25) is 0 Å². The summed E-state index contributed by atoms with van der Waals surface area (Å²) >= 11 is 0. The molecule has 2 aliphatic rings. The molecule has 0 unspecified atom stereocenters. The molecule has 3 heterocycles. The molecule has 0 atom stereocenters. The highest BCUT2D eigenvalue weighted by Gasteiger charge is 2.26. The summed E-state index contributed by atoms with van der Waals surface area (Å²) in [5, 5.41) is 0. The van der Waals surface area contributed by atoms with E-state index in [1.165, 1.54) is 35.5 Å². The van der Waals surface area contributed by atoms with E-state index in [9.17, 15) is 0 Å². The minimum atomic E-state index is 0.905. The third-order valence-corrected chi connectivity index (χ3v) is 5.18. The van der Waals surface area contributed by atoms with E-state index in [4.69, 9.17) is 14.7 Å². The van der Waals surface area contributed by atoms with Gasteiger partial charge in [0.15, 0.2) is 0 Å². The maximum absolute atomic E-state index is 5.35. The zero-order chi connectivity index (χ0) is 17.2. The largest absolute Gasteiger partial charge is 0.497 e. The normalized spacial score (nSPS) is 17.6. The molecule has 2 aromatic rings. The first-order valence-electron chi connectivity index (χ1n) is 9.19. The number of benzene rings is 1. The van der Waals surface area contributed by atoms with Crippen LogP contribution in [0.5, 0.6) is 5.75 Å². The number of aryl methyl sites for hydroxylation is 1. The number of aromatic nitrogens is 2. The first-order chi connectivity index (χ1) is 12.2. The second-order valence-electron chi connectivity index (χ2n) is 7.03. The Hall–Kier alpha value is -2.14. The van der Waals surface area contributed by atoms with E-state index in [0.29, 0.717) is 0 Å². The van der Waals surface area contributed by atoms with Gasteiger partial charge in [-0.1, -0.05) is 12.1 Å². The van der Waals surface area contributed by atoms with Gasteiger partial charge in [0.25, 0.3) is 0 Å². The third-order valence-electron chi connectivity index (χ3n) is 5.18. The molecule has 2 aliphatic heterocycles. The predicted molar refractivity (Wildman–Crippen MR) is 99.0 cm³/mol. The lowest BCUT2D eigenvalue weighted by atomic mass is 10.0. The fraction of sp³-hybridized carbons (Fsp3) is 0.500. The Kier molecular flexibility index (Phi) is 4.57. The Bertz CT molecular complexity index is 755. The summed E-state index contributed by atoms with van der Waals surface area (Å²) in [5.74, 6) is 3.00. The molecule has 1 fully saturated rings. The van der Waals surface area contributed by atoms with Gasteiger partial charge in [0.2, 0.25) is 0 Å². The van der Waals surface area contributed by atoms with E-state index in [1.54, 1.807) is 7.11 Å². The van der Waals surface area contributed by atoms with Crippen LogP contribution in [0.4, 0.5) is 5.82 Å². The van der Waals surface area contributed by atoms with Crippen molar-refractivity contribution in [2.45, 2.75) is 39.3 Å². The van der Waals surface area contributed by atoms with Crippen molar-refractivity contribution in [2.75, 3.05) is 31.6 Å². The Labute approximate surface area is 149 Å². The maximum Gasteiger partial charge on any atom is 0.137 e. The molecular formula is C20H26N4O. The van der Waals surface area contributed by atoms with Crippen LogP contribution < -0.4 is 9.64 Å². The van der Waals surface area contributed by atoms with Crippen molar-refractivity contribution in [3.63, 3.8) is 0 Å². The van der Waals surface area contributed by atoms with Crippen LogP contribution in [0.3, 0.4) is 0 Å². The van der Waals surface area contributed by atoms with Crippen LogP contribution in [0.25, 0.3) is 0 Å². The standard InChI is InChI=1S/C20H26N4O/c1-15-21-19-8-11-23(13-16-6-5-7-17(12-16)25-2)14-18(19)20(22-15)24-9-3-4-10-24/h5-7,12H,3-4,8-11,13-14H2,1-2H3. The molecule has 5 heteroatoms. The van der Waals surface area contributed by atoms with E-state index in [1.807, 2.05) is 13.0 Å². The summed E-state index contributed by atoms with van der Waals surface area (Å²) in [5.41, 5.74) is 3.87.